The number of hydrogen-bond acceptors (Lipinski definition) is 3. The van der Waals surface area contributed by atoms with Crippen LogP contribution in [0.4, 0.5) is 0 Å². The molecule has 0 fully saturated rings. The highest BCUT2D eigenvalue weighted by atomic mass is 16.4. The molecule has 27 heavy (non-hydrogen) atoms. The Morgan fingerprint density at radius 2 is 1.52 bits per heavy atom. The first-order valence-electron chi connectivity index (χ1n) is 11.4. The number of carboxylic acid groups (broad SMARTS) is 1. The number of unbranched alkanes of at least 4 members (excludes halogenated alkanes) is 4. The molecule has 0 aromatic carbocycles. The smallest absolute Gasteiger partial charge is 0.129 e. The summed E-state index contributed by atoms with van der Waals surface area (Å²) in [5.41, 5.74) is 0. The lowest BCUT2D eigenvalue weighted by Gasteiger charge is -2.47. The number of aliphatic hydroxyl groups is 1. The van der Waals surface area contributed by atoms with E-state index in [1.54, 1.807) is 0 Å². The van der Waals surface area contributed by atoms with Crippen molar-refractivity contribution in [2.24, 2.45) is 0 Å². The summed E-state index contributed by atoms with van der Waals surface area (Å²) < 4.78 is 0.495. The van der Waals surface area contributed by atoms with Crippen molar-refractivity contribution in [2.45, 2.75) is 110 Å². The van der Waals surface area contributed by atoms with Crippen LogP contribution < -0.4 is 5.11 Å². The normalized spacial score (nSPS) is 14.6. The van der Waals surface area contributed by atoms with Crippen LogP contribution >= 0.6 is 0 Å². The minimum atomic E-state index is -0.942. The van der Waals surface area contributed by atoms with E-state index in [4.69, 9.17) is 0 Å². The van der Waals surface area contributed by atoms with Crippen LogP contribution in [-0.4, -0.2) is 47.3 Å². The Bertz CT molecular complexity index is 385. The number of aliphatic carboxylic acids is 1. The first-order valence-corrected chi connectivity index (χ1v) is 11.4. The van der Waals surface area contributed by atoms with E-state index in [2.05, 4.69) is 32.9 Å². The third-order valence-corrected chi connectivity index (χ3v) is 5.55. The molecule has 2 atom stereocenters. The van der Waals surface area contributed by atoms with Crippen LogP contribution in [0.25, 0.3) is 0 Å². The van der Waals surface area contributed by atoms with Crippen LogP contribution in [-0.2, 0) is 4.79 Å². The van der Waals surface area contributed by atoms with Gasteiger partial charge in [0.25, 0.3) is 0 Å². The highest BCUT2D eigenvalue weighted by Crippen LogP contribution is 2.24. The van der Waals surface area contributed by atoms with E-state index in [0.29, 0.717) is 23.9 Å². The Labute approximate surface area is 168 Å². The molecular formula is C23H45NO3. The number of nitrogens with zero attached hydrogens (tertiary/aromatic N) is 1. The maximum atomic E-state index is 12.1. The zero-order valence-electron chi connectivity index (χ0n) is 18.4. The molecule has 0 aliphatic rings. The van der Waals surface area contributed by atoms with E-state index in [1.807, 2.05) is 6.92 Å². The summed E-state index contributed by atoms with van der Waals surface area (Å²) in [5, 5.41) is 22.8. The van der Waals surface area contributed by atoms with Crippen molar-refractivity contribution in [3.8, 4) is 0 Å². The lowest BCUT2D eigenvalue weighted by molar-refractivity contribution is -0.948. The maximum Gasteiger partial charge on any atom is 0.129 e. The van der Waals surface area contributed by atoms with Crippen molar-refractivity contribution in [1.29, 1.82) is 0 Å². The van der Waals surface area contributed by atoms with Crippen molar-refractivity contribution in [3.63, 3.8) is 0 Å². The fourth-order valence-electron chi connectivity index (χ4n) is 4.06. The Morgan fingerprint density at radius 1 is 0.926 bits per heavy atom. The van der Waals surface area contributed by atoms with Crippen LogP contribution in [0.3, 0.4) is 0 Å². The van der Waals surface area contributed by atoms with Gasteiger partial charge < -0.3 is 19.5 Å². The molecule has 2 unspecified atom stereocenters. The molecule has 0 rings (SSSR count). The molecule has 4 heteroatoms. The van der Waals surface area contributed by atoms with Gasteiger partial charge in [0.1, 0.15) is 18.7 Å². The monoisotopic (exact) mass is 383 g/mol. The summed E-state index contributed by atoms with van der Waals surface area (Å²) in [4.78, 5) is 12.1. The number of carboxylic acids is 1. The maximum absolute atomic E-state index is 12.1. The number of quaternary nitrogens is 1. The van der Waals surface area contributed by atoms with Crippen molar-refractivity contribution < 1.29 is 19.5 Å². The molecule has 0 radical (unpaired) electrons. The zero-order valence-corrected chi connectivity index (χ0v) is 18.4. The molecule has 0 spiro atoms. The van der Waals surface area contributed by atoms with Crippen molar-refractivity contribution >= 4 is 5.97 Å². The summed E-state index contributed by atoms with van der Waals surface area (Å²) in [7, 11) is 0. The van der Waals surface area contributed by atoms with Gasteiger partial charge in [0.2, 0.25) is 0 Å². The molecule has 0 heterocycles. The number of hydrogen-bond donors (Lipinski definition) is 1. The molecule has 160 valence electrons. The van der Waals surface area contributed by atoms with Gasteiger partial charge in [-0.2, -0.15) is 0 Å². The minimum absolute atomic E-state index is 0.464. The van der Waals surface area contributed by atoms with E-state index in [0.717, 1.165) is 70.9 Å². The van der Waals surface area contributed by atoms with Crippen LogP contribution in [0.5, 0.6) is 0 Å². The van der Waals surface area contributed by atoms with Gasteiger partial charge in [0, 0.05) is 6.42 Å². The Morgan fingerprint density at radius 3 is 1.96 bits per heavy atom. The molecule has 0 aromatic heterocycles. The predicted molar refractivity (Wildman–Crippen MR) is 112 cm³/mol. The quantitative estimate of drug-likeness (QED) is 0.219. The van der Waals surface area contributed by atoms with Gasteiger partial charge in [-0.15, -0.1) is 0 Å². The Hall–Kier alpha value is -0.870. The standard InChI is InChI=1S/C23H45NO3/c1-5-9-12-13-17-21(25)20-24(18-14-10-6-2,19-15-11-7-3)22(16-8-4)23(26)27/h9,12,21-22,25H,5-8,10-11,13-20H2,1-4H3/b12-9+. The fraction of sp³-hybridized carbons (Fsp3) is 0.870. The highest BCUT2D eigenvalue weighted by Gasteiger charge is 2.38. The molecule has 0 aliphatic heterocycles. The summed E-state index contributed by atoms with van der Waals surface area (Å²) in [6, 6.07) is -0.510. The number of aliphatic hydroxyl groups excluding tert-OH is 1. The second-order valence-corrected chi connectivity index (χ2v) is 8.00. The molecule has 0 saturated heterocycles. The second kappa shape index (κ2) is 16.1. The van der Waals surface area contributed by atoms with Gasteiger partial charge in [-0.1, -0.05) is 59.1 Å². The van der Waals surface area contributed by atoms with Crippen LogP contribution in [0.1, 0.15) is 98.3 Å². The topological polar surface area (TPSA) is 60.4 Å². The van der Waals surface area contributed by atoms with Crippen LogP contribution in [0, 0.1) is 0 Å². The molecule has 0 saturated carbocycles. The van der Waals surface area contributed by atoms with E-state index >= 15 is 0 Å². The van der Waals surface area contributed by atoms with Crippen LogP contribution in [0.2, 0.25) is 0 Å². The lowest BCUT2D eigenvalue weighted by atomic mass is 10.0. The van der Waals surface area contributed by atoms with Gasteiger partial charge in [-0.25, -0.2) is 0 Å². The van der Waals surface area contributed by atoms with E-state index in [-0.39, 0.29) is 0 Å². The fourth-order valence-corrected chi connectivity index (χ4v) is 4.06. The second-order valence-electron chi connectivity index (χ2n) is 8.00. The largest absolute Gasteiger partial charge is 0.544 e. The van der Waals surface area contributed by atoms with Gasteiger partial charge in [0.05, 0.1) is 19.1 Å². The Balaban J connectivity index is 5.42. The van der Waals surface area contributed by atoms with Crippen LogP contribution in [0.15, 0.2) is 12.2 Å². The van der Waals surface area contributed by atoms with E-state index in [9.17, 15) is 15.0 Å². The third-order valence-electron chi connectivity index (χ3n) is 5.55. The molecule has 4 nitrogen and oxygen atoms in total. The van der Waals surface area contributed by atoms with E-state index in [1.165, 1.54) is 0 Å². The molecule has 0 aromatic rings. The Kier molecular flexibility index (Phi) is 15.6. The summed E-state index contributed by atoms with van der Waals surface area (Å²) in [6.45, 7) is 10.7. The van der Waals surface area contributed by atoms with Gasteiger partial charge in [0.15, 0.2) is 0 Å². The number of carbonyl (C=O) groups is 1. The number of rotatable bonds is 18. The molecule has 0 bridgehead atoms. The third kappa shape index (κ3) is 10.9. The number of carbonyl (C=O) groups excluding carboxylic acids is 1. The van der Waals surface area contributed by atoms with Gasteiger partial charge in [-0.3, -0.25) is 0 Å². The summed E-state index contributed by atoms with van der Waals surface area (Å²) in [5.74, 6) is -0.942. The molecule has 1 N–H and O–H groups in total. The predicted octanol–water partition coefficient (Wildman–Crippen LogP) is 4.21. The summed E-state index contributed by atoms with van der Waals surface area (Å²) in [6.07, 6.45) is 14.3. The lowest BCUT2D eigenvalue weighted by Crippen LogP contribution is -2.64. The summed E-state index contributed by atoms with van der Waals surface area (Å²) >= 11 is 0. The van der Waals surface area contributed by atoms with Gasteiger partial charge in [-0.05, 0) is 44.9 Å². The van der Waals surface area contributed by atoms with Crippen molar-refractivity contribution in [3.05, 3.63) is 12.2 Å². The van der Waals surface area contributed by atoms with E-state index < -0.39 is 18.1 Å². The molecule has 0 amide bonds. The average Bonchev–Trinajstić information content (AvgIpc) is 2.63. The van der Waals surface area contributed by atoms with Crippen molar-refractivity contribution in [1.82, 2.24) is 0 Å². The van der Waals surface area contributed by atoms with Gasteiger partial charge >= 0.3 is 0 Å². The minimum Gasteiger partial charge on any atom is -0.544 e. The number of allylic oxidation sites excluding steroid dienone is 2. The molecule has 0 aliphatic carbocycles. The SMILES string of the molecule is CC/C=C/CCC(O)C[N+](CCCCC)(CCCCC)C(CCC)C(=O)[O-]. The zero-order chi connectivity index (χ0) is 20.5. The first kappa shape index (κ1) is 26.1. The molecular weight excluding hydrogens is 338 g/mol. The first-order chi connectivity index (χ1) is 13.0. The van der Waals surface area contributed by atoms with Crippen molar-refractivity contribution in [2.75, 3.05) is 19.6 Å². The highest BCUT2D eigenvalue weighted by molar-refractivity contribution is 5.69. The average molecular weight is 384 g/mol.